The number of thiophene rings is 2. The first-order valence-electron chi connectivity index (χ1n) is 9.02. The molecule has 5 nitrogen and oxygen atoms in total. The van der Waals surface area contributed by atoms with Crippen molar-refractivity contribution in [3.63, 3.8) is 0 Å². The van der Waals surface area contributed by atoms with Crippen molar-refractivity contribution in [2.75, 3.05) is 6.54 Å². The van der Waals surface area contributed by atoms with Crippen LogP contribution in [0.1, 0.15) is 37.5 Å². The largest absolute Gasteiger partial charge is 0.334 e. The van der Waals surface area contributed by atoms with Gasteiger partial charge in [0.15, 0.2) is 5.82 Å². The topological polar surface area (TPSA) is 59.2 Å². The molecule has 5 rings (SSSR count). The molecule has 1 unspecified atom stereocenters. The fourth-order valence-electron chi connectivity index (χ4n) is 3.62. The van der Waals surface area contributed by atoms with Crippen molar-refractivity contribution in [3.05, 3.63) is 79.9 Å². The van der Waals surface area contributed by atoms with Crippen molar-refractivity contribution < 1.29 is 9.32 Å². The Morgan fingerprint density at radius 2 is 2.00 bits per heavy atom. The van der Waals surface area contributed by atoms with Crippen LogP contribution in [0.2, 0.25) is 0 Å². The lowest BCUT2D eigenvalue weighted by molar-refractivity contribution is 0.0699. The Balaban J connectivity index is 1.47. The molecule has 0 N–H and O–H groups in total. The fourth-order valence-corrected chi connectivity index (χ4v) is 5.38. The van der Waals surface area contributed by atoms with Gasteiger partial charge in [0.2, 0.25) is 0 Å². The van der Waals surface area contributed by atoms with Crippen LogP contribution in [0.25, 0.3) is 11.5 Å². The zero-order valence-electron chi connectivity index (χ0n) is 15.2. The molecule has 4 aromatic rings. The number of aryl methyl sites for hydroxylation is 1. The third-order valence-corrected chi connectivity index (χ3v) is 6.87. The van der Waals surface area contributed by atoms with E-state index in [-0.39, 0.29) is 11.9 Å². The smallest absolute Gasteiger partial charge is 0.257 e. The van der Waals surface area contributed by atoms with Crippen LogP contribution in [-0.2, 0) is 6.42 Å². The summed E-state index contributed by atoms with van der Waals surface area (Å²) >= 11 is 3.48. The molecule has 140 valence electrons. The van der Waals surface area contributed by atoms with E-state index in [9.17, 15) is 4.79 Å². The van der Waals surface area contributed by atoms with Crippen molar-refractivity contribution in [1.82, 2.24) is 15.0 Å². The second-order valence-electron chi connectivity index (χ2n) is 6.69. The maximum Gasteiger partial charge on any atom is 0.257 e. The average Bonchev–Trinajstić information content (AvgIpc) is 3.48. The molecule has 4 heterocycles. The summed E-state index contributed by atoms with van der Waals surface area (Å²) in [6, 6.07) is 13.7. The van der Waals surface area contributed by atoms with Gasteiger partial charge in [0.05, 0.1) is 6.04 Å². The first-order valence-corrected chi connectivity index (χ1v) is 10.8. The molecule has 0 saturated carbocycles. The molecule has 1 aliphatic heterocycles. The lowest BCUT2D eigenvalue weighted by Gasteiger charge is -2.35. The van der Waals surface area contributed by atoms with Gasteiger partial charge in [0.1, 0.15) is 0 Å². The lowest BCUT2D eigenvalue weighted by atomic mass is 9.97. The van der Waals surface area contributed by atoms with Crippen LogP contribution in [0, 0.1) is 6.92 Å². The van der Waals surface area contributed by atoms with Gasteiger partial charge in [0.25, 0.3) is 11.8 Å². The molecule has 3 aromatic heterocycles. The number of benzene rings is 1. The normalized spacial score (nSPS) is 16.2. The zero-order valence-corrected chi connectivity index (χ0v) is 16.8. The summed E-state index contributed by atoms with van der Waals surface area (Å²) in [5.74, 6) is 1.10. The van der Waals surface area contributed by atoms with Crippen LogP contribution < -0.4 is 0 Å². The monoisotopic (exact) mass is 407 g/mol. The van der Waals surface area contributed by atoms with Gasteiger partial charge >= 0.3 is 0 Å². The first kappa shape index (κ1) is 17.3. The van der Waals surface area contributed by atoms with Crippen molar-refractivity contribution in [2.45, 2.75) is 19.4 Å². The third kappa shape index (κ3) is 2.96. The Morgan fingerprint density at radius 3 is 2.71 bits per heavy atom. The number of hydrogen-bond acceptors (Lipinski definition) is 6. The number of hydrogen-bond donors (Lipinski definition) is 0. The third-order valence-electron chi connectivity index (χ3n) is 4.95. The van der Waals surface area contributed by atoms with Crippen molar-refractivity contribution in [2.24, 2.45) is 0 Å². The Hall–Kier alpha value is -2.77. The molecule has 1 amide bonds. The summed E-state index contributed by atoms with van der Waals surface area (Å²) in [5.41, 5.74) is 2.73. The molecular formula is C21H17N3O2S2. The number of amides is 1. The van der Waals surface area contributed by atoms with E-state index in [0.29, 0.717) is 17.3 Å². The highest BCUT2D eigenvalue weighted by Gasteiger charge is 2.33. The number of aromatic nitrogens is 2. The molecule has 0 aliphatic carbocycles. The van der Waals surface area contributed by atoms with E-state index < -0.39 is 0 Å². The van der Waals surface area contributed by atoms with E-state index in [0.717, 1.165) is 18.5 Å². The Bertz CT molecular complexity index is 1110. The van der Waals surface area contributed by atoms with Crippen molar-refractivity contribution >= 4 is 28.6 Å². The van der Waals surface area contributed by atoms with Gasteiger partial charge in [0, 0.05) is 27.4 Å². The van der Waals surface area contributed by atoms with Crippen molar-refractivity contribution in [3.8, 4) is 11.5 Å². The molecule has 7 heteroatoms. The highest BCUT2D eigenvalue weighted by atomic mass is 32.1. The number of carbonyl (C=O) groups excluding carboxylic acids is 1. The molecular weight excluding hydrogens is 390 g/mol. The summed E-state index contributed by atoms with van der Waals surface area (Å²) in [6.07, 6.45) is 0.903. The van der Waals surface area contributed by atoms with Crippen LogP contribution in [0.3, 0.4) is 0 Å². The van der Waals surface area contributed by atoms with Gasteiger partial charge in [-0.1, -0.05) is 11.2 Å². The zero-order chi connectivity index (χ0) is 19.1. The molecule has 0 saturated heterocycles. The van der Waals surface area contributed by atoms with Crippen molar-refractivity contribution in [1.29, 1.82) is 0 Å². The predicted octanol–water partition coefficient (Wildman–Crippen LogP) is 4.96. The summed E-state index contributed by atoms with van der Waals surface area (Å²) in [4.78, 5) is 22.2. The number of fused-ring (bicyclic) bond motifs is 1. The van der Waals surface area contributed by atoms with Crippen LogP contribution in [0.15, 0.2) is 57.7 Å². The maximum atomic E-state index is 13.4. The number of nitrogens with zero attached hydrogens (tertiary/aromatic N) is 3. The van der Waals surface area contributed by atoms with Gasteiger partial charge in [-0.3, -0.25) is 4.79 Å². The van der Waals surface area contributed by atoms with Gasteiger partial charge < -0.3 is 9.42 Å². The highest BCUT2D eigenvalue weighted by molar-refractivity contribution is 7.10. The van der Waals surface area contributed by atoms with Crippen LogP contribution in [0.4, 0.5) is 0 Å². The van der Waals surface area contributed by atoms with Gasteiger partial charge in [-0.2, -0.15) is 4.98 Å². The quantitative estimate of drug-likeness (QED) is 0.482. The minimum absolute atomic E-state index is 0.0132. The van der Waals surface area contributed by atoms with Crippen LogP contribution in [-0.4, -0.2) is 27.5 Å². The Morgan fingerprint density at radius 1 is 1.14 bits per heavy atom. The lowest BCUT2D eigenvalue weighted by Crippen LogP contribution is -2.39. The highest BCUT2D eigenvalue weighted by Crippen LogP contribution is 2.40. The fraction of sp³-hybridized carbons (Fsp3) is 0.190. The molecule has 0 bridgehead atoms. The standard InChI is InChI=1S/C21H17N3O2S2/c1-13-22-20(26-23-13)14-4-6-15(7-5-14)21(25)24-10-8-17-16(9-12-28-17)19(24)18-3-2-11-27-18/h2-7,9,11-12,19H,8,10H2,1H3. The summed E-state index contributed by atoms with van der Waals surface area (Å²) in [6.45, 7) is 2.50. The average molecular weight is 408 g/mol. The molecule has 0 fully saturated rings. The summed E-state index contributed by atoms with van der Waals surface area (Å²) in [7, 11) is 0. The molecule has 1 atom stereocenters. The Labute approximate surface area is 170 Å². The molecule has 1 aromatic carbocycles. The number of rotatable bonds is 3. The molecule has 1 aliphatic rings. The van der Waals surface area contributed by atoms with Gasteiger partial charge in [-0.25, -0.2) is 0 Å². The Kier molecular flexibility index (Phi) is 4.33. The van der Waals surface area contributed by atoms with E-state index in [1.165, 1.54) is 15.3 Å². The van der Waals surface area contributed by atoms with Gasteiger partial charge in [-0.15, -0.1) is 22.7 Å². The van der Waals surface area contributed by atoms with E-state index in [1.807, 2.05) is 35.2 Å². The van der Waals surface area contributed by atoms with Gasteiger partial charge in [-0.05, 0) is 66.1 Å². The first-order chi connectivity index (χ1) is 13.7. The van der Waals surface area contributed by atoms with E-state index in [1.54, 1.807) is 29.6 Å². The molecule has 0 spiro atoms. The van der Waals surface area contributed by atoms with E-state index in [2.05, 4.69) is 33.0 Å². The van der Waals surface area contributed by atoms with E-state index in [4.69, 9.17) is 4.52 Å². The van der Waals surface area contributed by atoms with E-state index >= 15 is 0 Å². The van der Waals surface area contributed by atoms with Crippen LogP contribution >= 0.6 is 22.7 Å². The summed E-state index contributed by atoms with van der Waals surface area (Å²) < 4.78 is 5.21. The summed E-state index contributed by atoms with van der Waals surface area (Å²) in [5, 5.41) is 8.01. The maximum absolute atomic E-state index is 13.4. The second-order valence-corrected chi connectivity index (χ2v) is 8.67. The van der Waals surface area contributed by atoms with Crippen LogP contribution in [0.5, 0.6) is 0 Å². The molecule has 0 radical (unpaired) electrons. The SMILES string of the molecule is Cc1noc(-c2ccc(C(=O)N3CCc4sccc4C3c3cccs3)cc2)n1. The predicted molar refractivity (Wildman–Crippen MR) is 110 cm³/mol. The minimum atomic E-state index is -0.0132. The minimum Gasteiger partial charge on any atom is -0.334 e. The second kappa shape index (κ2) is 7.00. The number of carbonyl (C=O) groups is 1. The molecule has 28 heavy (non-hydrogen) atoms.